The number of anilines is 1. The zero-order valence-corrected chi connectivity index (χ0v) is 11.9. The molecule has 0 radical (unpaired) electrons. The molecule has 0 aromatic heterocycles. The number of nitrogens with zero attached hydrogens (tertiary/aromatic N) is 1. The van der Waals surface area contributed by atoms with Crippen molar-refractivity contribution in [3.05, 3.63) is 28.0 Å². The van der Waals surface area contributed by atoms with E-state index >= 15 is 0 Å². The monoisotopic (exact) mass is 335 g/mol. The zero-order valence-electron chi connectivity index (χ0n) is 9.50. The molecule has 5 nitrogen and oxygen atoms in total. The van der Waals surface area contributed by atoms with Crippen LogP contribution in [0.2, 0.25) is 0 Å². The molecule has 1 rings (SSSR count). The SMILES string of the molecule is CNS(=O)(=O)CCNc1ccc(C#N)c(Br)c1F. The number of halogens is 2. The minimum atomic E-state index is -3.32. The number of nitriles is 1. The summed E-state index contributed by atoms with van der Waals surface area (Å²) in [5.74, 6) is -0.781. The van der Waals surface area contributed by atoms with Gasteiger partial charge in [-0.15, -0.1) is 0 Å². The summed E-state index contributed by atoms with van der Waals surface area (Å²) in [5.41, 5.74) is 0.327. The summed E-state index contributed by atoms with van der Waals surface area (Å²) in [4.78, 5) is 0. The van der Waals surface area contributed by atoms with Gasteiger partial charge in [0, 0.05) is 6.54 Å². The average Bonchev–Trinajstić information content (AvgIpc) is 2.35. The molecular formula is C10H11BrFN3O2S. The van der Waals surface area contributed by atoms with E-state index in [9.17, 15) is 12.8 Å². The maximum atomic E-state index is 13.7. The quantitative estimate of drug-likeness (QED) is 0.852. The van der Waals surface area contributed by atoms with Crippen molar-refractivity contribution in [3.63, 3.8) is 0 Å². The Labute approximate surface area is 113 Å². The molecule has 0 atom stereocenters. The molecule has 0 saturated heterocycles. The molecule has 18 heavy (non-hydrogen) atoms. The zero-order chi connectivity index (χ0) is 13.8. The first-order chi connectivity index (χ1) is 8.41. The van der Waals surface area contributed by atoms with Gasteiger partial charge in [-0.05, 0) is 35.1 Å². The molecular weight excluding hydrogens is 325 g/mol. The fraction of sp³-hybridized carbons (Fsp3) is 0.300. The van der Waals surface area contributed by atoms with Crippen molar-refractivity contribution in [2.45, 2.75) is 0 Å². The molecule has 0 aliphatic heterocycles. The predicted octanol–water partition coefficient (Wildman–Crippen LogP) is 1.42. The van der Waals surface area contributed by atoms with Crippen molar-refractivity contribution >= 4 is 31.6 Å². The van der Waals surface area contributed by atoms with Gasteiger partial charge in [-0.3, -0.25) is 0 Å². The van der Waals surface area contributed by atoms with E-state index in [1.54, 1.807) is 0 Å². The standard InChI is InChI=1S/C10H11BrFN3O2S/c1-14-18(16,17)5-4-15-8-3-2-7(6-13)9(11)10(8)12/h2-3,14-15H,4-5H2,1H3. The molecule has 0 unspecified atom stereocenters. The summed E-state index contributed by atoms with van der Waals surface area (Å²) >= 11 is 2.97. The lowest BCUT2D eigenvalue weighted by Crippen LogP contribution is -2.26. The second-order valence-corrected chi connectivity index (χ2v) is 6.19. The highest BCUT2D eigenvalue weighted by atomic mass is 79.9. The van der Waals surface area contributed by atoms with Crippen molar-refractivity contribution in [3.8, 4) is 6.07 Å². The van der Waals surface area contributed by atoms with Crippen LogP contribution in [0.3, 0.4) is 0 Å². The van der Waals surface area contributed by atoms with E-state index < -0.39 is 15.8 Å². The lowest BCUT2D eigenvalue weighted by Gasteiger charge is -2.09. The van der Waals surface area contributed by atoms with Gasteiger partial charge < -0.3 is 5.32 Å². The van der Waals surface area contributed by atoms with Crippen molar-refractivity contribution in [1.82, 2.24) is 4.72 Å². The number of hydrogen-bond donors (Lipinski definition) is 2. The topological polar surface area (TPSA) is 82.0 Å². The Bertz CT molecular complexity index is 584. The Morgan fingerprint density at radius 2 is 2.17 bits per heavy atom. The van der Waals surface area contributed by atoms with Crippen LogP contribution in [-0.4, -0.2) is 27.8 Å². The fourth-order valence-electron chi connectivity index (χ4n) is 1.19. The second kappa shape index (κ2) is 6.13. The van der Waals surface area contributed by atoms with Gasteiger partial charge >= 0.3 is 0 Å². The normalized spacial score (nSPS) is 11.0. The van der Waals surface area contributed by atoms with Crippen LogP contribution in [0.15, 0.2) is 16.6 Å². The Hall–Kier alpha value is -1.17. The van der Waals surface area contributed by atoms with Gasteiger partial charge in [0.05, 0.1) is 21.5 Å². The molecule has 1 aromatic carbocycles. The highest BCUT2D eigenvalue weighted by Gasteiger charge is 2.12. The molecule has 0 bridgehead atoms. The van der Waals surface area contributed by atoms with Crippen LogP contribution in [0.4, 0.5) is 10.1 Å². The highest BCUT2D eigenvalue weighted by molar-refractivity contribution is 9.10. The molecule has 1 aromatic rings. The van der Waals surface area contributed by atoms with Crippen molar-refractivity contribution in [2.24, 2.45) is 0 Å². The number of nitrogens with one attached hydrogen (secondary N) is 2. The van der Waals surface area contributed by atoms with Gasteiger partial charge in [0.2, 0.25) is 10.0 Å². The minimum Gasteiger partial charge on any atom is -0.382 e. The number of hydrogen-bond acceptors (Lipinski definition) is 4. The molecule has 8 heteroatoms. The van der Waals surface area contributed by atoms with Gasteiger partial charge in [-0.25, -0.2) is 17.5 Å². The Balaban J connectivity index is 2.76. The summed E-state index contributed by atoms with van der Waals surface area (Å²) < 4.78 is 38.2. The summed E-state index contributed by atoms with van der Waals surface area (Å²) in [6.07, 6.45) is 0. The Kier molecular flexibility index (Phi) is 5.07. The van der Waals surface area contributed by atoms with Gasteiger partial charge in [0.25, 0.3) is 0 Å². The first kappa shape index (κ1) is 14.9. The highest BCUT2D eigenvalue weighted by Crippen LogP contribution is 2.26. The first-order valence-electron chi connectivity index (χ1n) is 4.94. The Morgan fingerprint density at radius 1 is 1.50 bits per heavy atom. The first-order valence-corrected chi connectivity index (χ1v) is 7.39. The third-order valence-corrected chi connectivity index (χ3v) is 4.34. The molecule has 0 amide bonds. The van der Waals surface area contributed by atoms with E-state index in [-0.39, 0.29) is 28.0 Å². The largest absolute Gasteiger partial charge is 0.382 e. The van der Waals surface area contributed by atoms with Crippen molar-refractivity contribution < 1.29 is 12.8 Å². The van der Waals surface area contributed by atoms with E-state index in [1.165, 1.54) is 19.2 Å². The van der Waals surface area contributed by atoms with E-state index in [2.05, 4.69) is 26.0 Å². The van der Waals surface area contributed by atoms with E-state index in [4.69, 9.17) is 5.26 Å². The molecule has 0 aliphatic rings. The number of rotatable bonds is 5. The average molecular weight is 336 g/mol. The van der Waals surface area contributed by atoms with Crippen LogP contribution in [0.5, 0.6) is 0 Å². The van der Waals surface area contributed by atoms with Gasteiger partial charge in [0.15, 0.2) is 5.82 Å². The second-order valence-electron chi connectivity index (χ2n) is 3.35. The van der Waals surface area contributed by atoms with Crippen LogP contribution >= 0.6 is 15.9 Å². The third kappa shape index (κ3) is 3.66. The van der Waals surface area contributed by atoms with Crippen molar-refractivity contribution in [1.29, 1.82) is 5.26 Å². The van der Waals surface area contributed by atoms with E-state index in [0.29, 0.717) is 0 Å². The lowest BCUT2D eigenvalue weighted by atomic mass is 10.2. The van der Waals surface area contributed by atoms with E-state index in [1.807, 2.05) is 6.07 Å². The predicted molar refractivity (Wildman–Crippen MR) is 70.2 cm³/mol. The summed E-state index contributed by atoms with van der Waals surface area (Å²) in [6, 6.07) is 4.67. The molecule has 0 fully saturated rings. The molecule has 0 heterocycles. The lowest BCUT2D eigenvalue weighted by molar-refractivity contribution is 0.588. The maximum Gasteiger partial charge on any atom is 0.213 e. The maximum absolute atomic E-state index is 13.7. The van der Waals surface area contributed by atoms with Crippen molar-refractivity contribution in [2.75, 3.05) is 24.7 Å². The van der Waals surface area contributed by atoms with Crippen LogP contribution in [-0.2, 0) is 10.0 Å². The summed E-state index contributed by atoms with van der Waals surface area (Å²) in [6.45, 7) is 0.0679. The van der Waals surface area contributed by atoms with Crippen LogP contribution < -0.4 is 10.0 Å². The molecule has 2 N–H and O–H groups in total. The fourth-order valence-corrected chi connectivity index (χ4v) is 2.20. The smallest absolute Gasteiger partial charge is 0.213 e. The van der Waals surface area contributed by atoms with Gasteiger partial charge in [-0.1, -0.05) is 0 Å². The number of benzene rings is 1. The van der Waals surface area contributed by atoms with Gasteiger partial charge in [-0.2, -0.15) is 5.26 Å². The van der Waals surface area contributed by atoms with Gasteiger partial charge in [0.1, 0.15) is 6.07 Å². The van der Waals surface area contributed by atoms with Crippen LogP contribution in [0.1, 0.15) is 5.56 Å². The van der Waals surface area contributed by atoms with Crippen LogP contribution in [0, 0.1) is 17.1 Å². The minimum absolute atomic E-state index is 0.0615. The Morgan fingerprint density at radius 3 is 2.72 bits per heavy atom. The van der Waals surface area contributed by atoms with E-state index in [0.717, 1.165) is 0 Å². The summed E-state index contributed by atoms with van der Waals surface area (Å²) in [7, 11) is -2.01. The number of sulfonamides is 1. The molecule has 98 valence electrons. The molecule has 0 spiro atoms. The molecule has 0 aliphatic carbocycles. The third-order valence-electron chi connectivity index (χ3n) is 2.20. The molecule has 0 saturated carbocycles. The summed E-state index contributed by atoms with van der Waals surface area (Å²) in [5, 5.41) is 11.4. The van der Waals surface area contributed by atoms with Crippen LogP contribution in [0.25, 0.3) is 0 Å².